The maximum Gasteiger partial charge on any atom is 0.208 e. The Hall–Kier alpha value is -1.78. The lowest BCUT2D eigenvalue weighted by Gasteiger charge is -2.35. The van der Waals surface area contributed by atoms with Gasteiger partial charge in [-0.05, 0) is 0 Å². The fourth-order valence-corrected chi connectivity index (χ4v) is 3.01. The van der Waals surface area contributed by atoms with Crippen LogP contribution in [0.25, 0.3) is 5.65 Å². The van der Waals surface area contributed by atoms with Crippen LogP contribution in [0, 0.1) is 0 Å². The first kappa shape index (κ1) is 15.1. The number of aromatic nitrogens is 4. The molecule has 1 fully saturated rings. The van der Waals surface area contributed by atoms with Crippen LogP contribution in [-0.2, 0) is 10.0 Å². The van der Waals surface area contributed by atoms with E-state index in [-0.39, 0.29) is 0 Å². The van der Waals surface area contributed by atoms with Crippen molar-refractivity contribution < 1.29 is 8.42 Å². The number of sulfonamides is 1. The fraction of sp³-hybridized carbons (Fsp3) is 0.583. The van der Waals surface area contributed by atoms with Crippen molar-refractivity contribution in [2.24, 2.45) is 0 Å². The summed E-state index contributed by atoms with van der Waals surface area (Å²) >= 11 is 0. The second-order valence-electron chi connectivity index (χ2n) is 5.29. The van der Waals surface area contributed by atoms with E-state index >= 15 is 0 Å². The Labute approximate surface area is 129 Å². The third-order valence-corrected chi connectivity index (χ3v) is 4.39. The Morgan fingerprint density at radius 2 is 2.00 bits per heavy atom. The number of piperazine rings is 1. The van der Waals surface area contributed by atoms with Crippen LogP contribution < -0.4 is 9.62 Å². The molecule has 1 aliphatic heterocycles. The van der Waals surface area contributed by atoms with Crippen LogP contribution >= 0.6 is 0 Å². The molecule has 0 bridgehead atoms. The van der Waals surface area contributed by atoms with Crippen molar-refractivity contribution in [1.29, 1.82) is 0 Å². The second kappa shape index (κ2) is 6.15. The van der Waals surface area contributed by atoms with Gasteiger partial charge in [0.25, 0.3) is 0 Å². The predicted octanol–water partition coefficient (Wildman–Crippen LogP) is -1.20. The van der Waals surface area contributed by atoms with Crippen molar-refractivity contribution in [1.82, 2.24) is 29.2 Å². The number of nitrogens with zero attached hydrogens (tertiary/aromatic N) is 6. The summed E-state index contributed by atoms with van der Waals surface area (Å²) in [6, 6.07) is 0. The lowest BCUT2D eigenvalue weighted by molar-refractivity contribution is 0.261. The molecule has 0 atom stereocenters. The molecule has 3 heterocycles. The van der Waals surface area contributed by atoms with Gasteiger partial charge >= 0.3 is 0 Å². The van der Waals surface area contributed by atoms with Crippen molar-refractivity contribution in [2.75, 3.05) is 50.4 Å². The highest BCUT2D eigenvalue weighted by Gasteiger charge is 2.19. The van der Waals surface area contributed by atoms with Crippen LogP contribution in [0.5, 0.6) is 0 Å². The highest BCUT2D eigenvalue weighted by atomic mass is 32.2. The summed E-state index contributed by atoms with van der Waals surface area (Å²) in [5.74, 6) is 0.934. The summed E-state index contributed by atoms with van der Waals surface area (Å²) in [5.41, 5.74) is 0.734. The molecule has 2 aromatic rings. The van der Waals surface area contributed by atoms with Gasteiger partial charge in [0.1, 0.15) is 6.33 Å². The number of anilines is 1. The summed E-state index contributed by atoms with van der Waals surface area (Å²) in [6.45, 7) is 4.60. The van der Waals surface area contributed by atoms with Crippen molar-refractivity contribution in [2.45, 2.75) is 0 Å². The van der Waals surface area contributed by atoms with Crippen molar-refractivity contribution in [3.8, 4) is 0 Å². The molecular weight excluding hydrogens is 306 g/mol. The van der Waals surface area contributed by atoms with E-state index in [4.69, 9.17) is 0 Å². The van der Waals surface area contributed by atoms with Gasteiger partial charge in [0.2, 0.25) is 10.0 Å². The molecule has 1 N–H and O–H groups in total. The second-order valence-corrected chi connectivity index (χ2v) is 7.12. The van der Waals surface area contributed by atoms with Crippen LogP contribution in [0.2, 0.25) is 0 Å². The number of fused-ring (bicyclic) bond motifs is 1. The van der Waals surface area contributed by atoms with E-state index in [1.807, 2.05) is 0 Å². The van der Waals surface area contributed by atoms with Gasteiger partial charge in [0.15, 0.2) is 11.5 Å². The van der Waals surface area contributed by atoms with Crippen LogP contribution in [0.4, 0.5) is 5.82 Å². The zero-order chi connectivity index (χ0) is 15.6. The van der Waals surface area contributed by atoms with Crippen LogP contribution in [-0.4, -0.2) is 78.4 Å². The Bertz CT molecular complexity index is 737. The molecule has 0 amide bonds. The standard InChI is InChI=1S/C12H19N7O2S/c1-22(20,21)16-2-3-17-4-6-18(7-5-17)12-9-13-8-11-14-10-15-19(11)12/h8-10,16H,2-7H2,1H3. The van der Waals surface area contributed by atoms with E-state index < -0.39 is 10.0 Å². The molecule has 22 heavy (non-hydrogen) atoms. The lowest BCUT2D eigenvalue weighted by atomic mass is 10.3. The number of rotatable bonds is 5. The van der Waals surface area contributed by atoms with Crippen LogP contribution in [0.15, 0.2) is 18.7 Å². The highest BCUT2D eigenvalue weighted by Crippen LogP contribution is 2.15. The zero-order valence-electron chi connectivity index (χ0n) is 12.4. The molecule has 0 aromatic carbocycles. The minimum absolute atomic E-state index is 0.443. The first-order chi connectivity index (χ1) is 10.5. The van der Waals surface area contributed by atoms with E-state index in [2.05, 4.69) is 29.6 Å². The van der Waals surface area contributed by atoms with E-state index in [0.717, 1.165) is 37.6 Å². The Balaban J connectivity index is 1.57. The third-order valence-electron chi connectivity index (χ3n) is 3.66. The Kier molecular flexibility index (Phi) is 4.23. The largest absolute Gasteiger partial charge is 0.353 e. The van der Waals surface area contributed by atoms with E-state index in [1.165, 1.54) is 12.6 Å². The number of hydrogen-bond acceptors (Lipinski definition) is 7. The topological polar surface area (TPSA) is 95.7 Å². The van der Waals surface area contributed by atoms with E-state index in [9.17, 15) is 8.42 Å². The predicted molar refractivity (Wildman–Crippen MR) is 82.3 cm³/mol. The Morgan fingerprint density at radius 1 is 1.23 bits per heavy atom. The molecule has 2 aromatic heterocycles. The average molecular weight is 325 g/mol. The molecule has 1 saturated heterocycles. The maximum atomic E-state index is 11.0. The maximum absolute atomic E-state index is 11.0. The minimum atomic E-state index is -3.11. The monoisotopic (exact) mass is 325 g/mol. The lowest BCUT2D eigenvalue weighted by Crippen LogP contribution is -2.49. The van der Waals surface area contributed by atoms with Crippen molar-refractivity contribution in [3.63, 3.8) is 0 Å². The van der Waals surface area contributed by atoms with Gasteiger partial charge in [-0.2, -0.15) is 9.61 Å². The van der Waals surface area contributed by atoms with Gasteiger partial charge in [0, 0.05) is 39.3 Å². The van der Waals surface area contributed by atoms with Gasteiger partial charge < -0.3 is 4.90 Å². The zero-order valence-corrected chi connectivity index (χ0v) is 13.2. The molecule has 1 aliphatic rings. The SMILES string of the molecule is CS(=O)(=O)NCCN1CCN(c2cncc3ncnn23)CC1. The summed E-state index contributed by atoms with van der Waals surface area (Å²) < 4.78 is 26.4. The molecule has 0 aliphatic carbocycles. The van der Waals surface area contributed by atoms with Crippen molar-refractivity contribution >= 4 is 21.5 Å². The van der Waals surface area contributed by atoms with Crippen molar-refractivity contribution in [3.05, 3.63) is 18.7 Å². The van der Waals surface area contributed by atoms with Gasteiger partial charge in [-0.25, -0.2) is 18.1 Å². The van der Waals surface area contributed by atoms with Gasteiger partial charge in [0.05, 0.1) is 18.6 Å². The smallest absolute Gasteiger partial charge is 0.208 e. The first-order valence-corrected chi connectivity index (χ1v) is 8.98. The van der Waals surface area contributed by atoms with Gasteiger partial charge in [-0.15, -0.1) is 0 Å². The molecule has 10 heteroatoms. The molecule has 0 unspecified atom stereocenters. The normalized spacial score (nSPS) is 17.2. The molecular formula is C12H19N7O2S. The van der Waals surface area contributed by atoms with Crippen LogP contribution in [0.3, 0.4) is 0 Å². The summed E-state index contributed by atoms with van der Waals surface area (Å²) in [4.78, 5) is 12.8. The van der Waals surface area contributed by atoms with Gasteiger partial charge in [-0.3, -0.25) is 9.88 Å². The number of nitrogens with one attached hydrogen (secondary N) is 1. The third kappa shape index (κ3) is 3.51. The molecule has 0 radical (unpaired) electrons. The quantitative estimate of drug-likeness (QED) is 0.737. The molecule has 0 spiro atoms. The highest BCUT2D eigenvalue weighted by molar-refractivity contribution is 7.88. The van der Waals surface area contributed by atoms with Crippen LogP contribution in [0.1, 0.15) is 0 Å². The average Bonchev–Trinajstić information content (AvgIpc) is 2.95. The Morgan fingerprint density at radius 3 is 2.73 bits per heavy atom. The molecule has 120 valence electrons. The fourth-order valence-electron chi connectivity index (χ4n) is 2.55. The summed E-state index contributed by atoms with van der Waals surface area (Å²) in [6.07, 6.45) is 6.18. The molecule has 3 rings (SSSR count). The van der Waals surface area contributed by atoms with E-state index in [1.54, 1.807) is 16.9 Å². The minimum Gasteiger partial charge on any atom is -0.353 e. The first-order valence-electron chi connectivity index (χ1n) is 7.08. The van der Waals surface area contributed by atoms with E-state index in [0.29, 0.717) is 13.1 Å². The molecule has 9 nitrogen and oxygen atoms in total. The summed E-state index contributed by atoms with van der Waals surface area (Å²) in [5, 5.41) is 4.22. The summed E-state index contributed by atoms with van der Waals surface area (Å²) in [7, 11) is -3.11. The number of hydrogen-bond donors (Lipinski definition) is 1. The molecule has 0 saturated carbocycles. The van der Waals surface area contributed by atoms with Gasteiger partial charge in [-0.1, -0.05) is 0 Å².